The molecule has 1 amide bonds. The smallest absolute Gasteiger partial charge is 0.410 e. The summed E-state index contributed by atoms with van der Waals surface area (Å²) in [5.74, 6) is 0. The first-order chi connectivity index (χ1) is 7.05. The lowest BCUT2D eigenvalue weighted by molar-refractivity contribution is -0.109. The molecule has 0 saturated heterocycles. The zero-order chi connectivity index (χ0) is 13.0. The molecule has 0 fully saturated rings. The first-order valence-electron chi connectivity index (χ1n) is 5.47. The van der Waals surface area contributed by atoms with E-state index in [-0.39, 0.29) is 12.0 Å². The lowest BCUT2D eigenvalue weighted by Gasteiger charge is -2.30. The van der Waals surface area contributed by atoms with E-state index in [9.17, 15) is 9.59 Å². The predicted octanol–water partition coefficient (Wildman–Crippen LogP) is 2.47. The molecule has 0 bridgehead atoms. The van der Waals surface area contributed by atoms with Gasteiger partial charge < -0.3 is 14.4 Å². The van der Waals surface area contributed by atoms with Gasteiger partial charge in [0.15, 0.2) is 0 Å². The standard InChI is InChI=1S/C12H23NO3/c1-11(2,3)9-13(7-8-14)10(15)16-12(4,5)6/h8H,7,9H2,1-6H3. The molecular formula is C12H23NO3. The number of rotatable bonds is 3. The highest BCUT2D eigenvalue weighted by Crippen LogP contribution is 2.17. The van der Waals surface area contributed by atoms with Gasteiger partial charge in [-0.25, -0.2) is 4.79 Å². The fourth-order valence-electron chi connectivity index (χ4n) is 1.19. The number of hydrogen-bond acceptors (Lipinski definition) is 3. The van der Waals surface area contributed by atoms with Crippen molar-refractivity contribution in [3.8, 4) is 0 Å². The van der Waals surface area contributed by atoms with E-state index in [1.807, 2.05) is 20.8 Å². The minimum Gasteiger partial charge on any atom is -0.444 e. The zero-order valence-corrected chi connectivity index (χ0v) is 11.2. The summed E-state index contributed by atoms with van der Waals surface area (Å²) in [4.78, 5) is 23.7. The maximum atomic E-state index is 11.8. The second-order valence-electron chi connectivity index (χ2n) is 6.09. The fraction of sp³-hybridized carbons (Fsp3) is 0.833. The Morgan fingerprint density at radius 1 is 1.19 bits per heavy atom. The van der Waals surface area contributed by atoms with Gasteiger partial charge in [0.2, 0.25) is 0 Å². The minimum absolute atomic E-state index is 0.0556. The van der Waals surface area contributed by atoms with Gasteiger partial charge in [-0.05, 0) is 26.2 Å². The number of carbonyl (C=O) groups excluding carboxylic acids is 2. The molecule has 0 heterocycles. The molecule has 0 aromatic carbocycles. The molecule has 0 aliphatic heterocycles. The molecule has 4 heteroatoms. The Hall–Kier alpha value is -1.06. The van der Waals surface area contributed by atoms with Crippen molar-refractivity contribution in [2.75, 3.05) is 13.1 Å². The molecule has 0 spiro atoms. The van der Waals surface area contributed by atoms with Crippen LogP contribution < -0.4 is 0 Å². The van der Waals surface area contributed by atoms with E-state index in [0.29, 0.717) is 6.54 Å². The molecule has 0 N–H and O–H groups in total. The topological polar surface area (TPSA) is 46.6 Å². The van der Waals surface area contributed by atoms with Crippen LogP contribution in [0.1, 0.15) is 41.5 Å². The number of amides is 1. The van der Waals surface area contributed by atoms with Gasteiger partial charge in [-0.3, -0.25) is 0 Å². The van der Waals surface area contributed by atoms with Crippen molar-refractivity contribution in [2.24, 2.45) is 5.41 Å². The second-order valence-corrected chi connectivity index (χ2v) is 6.09. The molecule has 0 aromatic rings. The third kappa shape index (κ3) is 7.26. The Morgan fingerprint density at radius 3 is 2.00 bits per heavy atom. The summed E-state index contributed by atoms with van der Waals surface area (Å²) in [6.07, 6.45) is 0.282. The van der Waals surface area contributed by atoms with Gasteiger partial charge in [-0.1, -0.05) is 20.8 Å². The molecule has 0 radical (unpaired) electrons. The van der Waals surface area contributed by atoms with Crippen molar-refractivity contribution >= 4 is 12.4 Å². The van der Waals surface area contributed by atoms with Crippen molar-refractivity contribution in [3.63, 3.8) is 0 Å². The highest BCUT2D eigenvalue weighted by atomic mass is 16.6. The van der Waals surface area contributed by atoms with Crippen LogP contribution in [0.4, 0.5) is 4.79 Å². The van der Waals surface area contributed by atoms with Gasteiger partial charge in [0, 0.05) is 6.54 Å². The highest BCUT2D eigenvalue weighted by molar-refractivity contribution is 5.71. The molecule has 0 aromatic heterocycles. The molecule has 16 heavy (non-hydrogen) atoms. The molecule has 94 valence electrons. The second kappa shape index (κ2) is 5.32. The molecule has 0 rings (SSSR count). The van der Waals surface area contributed by atoms with E-state index in [4.69, 9.17) is 4.74 Å². The summed E-state index contributed by atoms with van der Waals surface area (Å²) in [6, 6.07) is 0. The Kier molecular flexibility index (Phi) is 4.97. The number of carbonyl (C=O) groups is 2. The highest BCUT2D eigenvalue weighted by Gasteiger charge is 2.25. The van der Waals surface area contributed by atoms with Crippen LogP contribution in [-0.2, 0) is 9.53 Å². The van der Waals surface area contributed by atoms with Crippen LogP contribution in [0.2, 0.25) is 0 Å². The first-order valence-corrected chi connectivity index (χ1v) is 5.47. The monoisotopic (exact) mass is 229 g/mol. The Bertz CT molecular complexity index is 248. The van der Waals surface area contributed by atoms with Crippen LogP contribution in [-0.4, -0.2) is 36.0 Å². The summed E-state index contributed by atoms with van der Waals surface area (Å²) in [5.41, 5.74) is -0.587. The molecule has 0 atom stereocenters. The quantitative estimate of drug-likeness (QED) is 0.698. The van der Waals surface area contributed by atoms with Crippen LogP contribution in [0.25, 0.3) is 0 Å². The summed E-state index contributed by atoms with van der Waals surface area (Å²) in [6.45, 7) is 12.0. The van der Waals surface area contributed by atoms with Crippen molar-refractivity contribution in [2.45, 2.75) is 47.1 Å². The van der Waals surface area contributed by atoms with Crippen LogP contribution >= 0.6 is 0 Å². The third-order valence-electron chi connectivity index (χ3n) is 1.61. The average Bonchev–Trinajstić information content (AvgIpc) is 1.97. The summed E-state index contributed by atoms with van der Waals surface area (Å²) in [7, 11) is 0. The Morgan fingerprint density at radius 2 is 1.69 bits per heavy atom. The Balaban J connectivity index is 4.53. The zero-order valence-electron chi connectivity index (χ0n) is 11.2. The van der Waals surface area contributed by atoms with E-state index in [1.165, 1.54) is 4.90 Å². The van der Waals surface area contributed by atoms with E-state index in [0.717, 1.165) is 6.29 Å². The maximum absolute atomic E-state index is 11.8. The lowest BCUT2D eigenvalue weighted by atomic mass is 9.96. The molecular weight excluding hydrogens is 206 g/mol. The predicted molar refractivity (Wildman–Crippen MR) is 63.3 cm³/mol. The largest absolute Gasteiger partial charge is 0.444 e. The summed E-state index contributed by atoms with van der Waals surface area (Å²) in [5, 5.41) is 0. The van der Waals surface area contributed by atoms with Gasteiger partial charge in [-0.15, -0.1) is 0 Å². The summed E-state index contributed by atoms with van der Waals surface area (Å²) >= 11 is 0. The van der Waals surface area contributed by atoms with Gasteiger partial charge in [0.1, 0.15) is 11.9 Å². The minimum atomic E-state index is -0.532. The van der Waals surface area contributed by atoms with Crippen LogP contribution in [0.3, 0.4) is 0 Å². The fourth-order valence-corrected chi connectivity index (χ4v) is 1.19. The first kappa shape index (κ1) is 14.9. The van der Waals surface area contributed by atoms with Crippen molar-refractivity contribution in [1.29, 1.82) is 0 Å². The van der Waals surface area contributed by atoms with Crippen molar-refractivity contribution in [1.82, 2.24) is 4.90 Å². The van der Waals surface area contributed by atoms with Crippen LogP contribution in [0.15, 0.2) is 0 Å². The normalized spacial score (nSPS) is 12.1. The van der Waals surface area contributed by atoms with Gasteiger partial charge in [0.05, 0.1) is 6.54 Å². The SMILES string of the molecule is CC(C)(C)CN(CC=O)C(=O)OC(C)(C)C. The Labute approximate surface area is 98.0 Å². The summed E-state index contributed by atoms with van der Waals surface area (Å²) < 4.78 is 5.23. The third-order valence-corrected chi connectivity index (χ3v) is 1.61. The number of hydrogen-bond donors (Lipinski definition) is 0. The number of nitrogens with zero attached hydrogens (tertiary/aromatic N) is 1. The van der Waals surface area contributed by atoms with Gasteiger partial charge in [0.25, 0.3) is 0 Å². The molecule has 0 unspecified atom stereocenters. The van der Waals surface area contributed by atoms with E-state index < -0.39 is 11.7 Å². The molecule has 0 aliphatic carbocycles. The van der Waals surface area contributed by atoms with Crippen molar-refractivity contribution < 1.29 is 14.3 Å². The van der Waals surface area contributed by atoms with Crippen LogP contribution in [0, 0.1) is 5.41 Å². The maximum Gasteiger partial charge on any atom is 0.410 e. The molecule has 4 nitrogen and oxygen atoms in total. The van der Waals surface area contributed by atoms with E-state index in [1.54, 1.807) is 20.8 Å². The number of ether oxygens (including phenoxy) is 1. The average molecular weight is 229 g/mol. The van der Waals surface area contributed by atoms with E-state index in [2.05, 4.69) is 0 Å². The lowest BCUT2D eigenvalue weighted by Crippen LogP contribution is -2.42. The van der Waals surface area contributed by atoms with E-state index >= 15 is 0 Å². The van der Waals surface area contributed by atoms with Gasteiger partial charge in [-0.2, -0.15) is 0 Å². The van der Waals surface area contributed by atoms with Gasteiger partial charge >= 0.3 is 6.09 Å². The van der Waals surface area contributed by atoms with Crippen LogP contribution in [0.5, 0.6) is 0 Å². The van der Waals surface area contributed by atoms with Crippen molar-refractivity contribution in [3.05, 3.63) is 0 Å². The number of aldehydes is 1. The molecule has 0 aliphatic rings. The molecule has 0 saturated carbocycles.